The Kier molecular flexibility index (Phi) is 4.48. The molecule has 5 nitrogen and oxygen atoms in total. The van der Waals surface area contributed by atoms with Crippen LogP contribution in [0.15, 0.2) is 54.9 Å². The minimum Gasteiger partial charge on any atom is -0.376 e. The summed E-state index contributed by atoms with van der Waals surface area (Å²) in [5, 5.41) is 9.52. The third-order valence-electron chi connectivity index (χ3n) is 4.56. The number of rotatable bonds is 5. The van der Waals surface area contributed by atoms with Crippen LogP contribution in [-0.2, 0) is 22.5 Å². The molecule has 1 saturated heterocycles. The number of aromatic nitrogens is 2. The van der Waals surface area contributed by atoms with Crippen molar-refractivity contribution in [1.29, 1.82) is 0 Å². The van der Waals surface area contributed by atoms with Crippen LogP contribution in [0.25, 0.3) is 10.8 Å². The Morgan fingerprint density at radius 1 is 1.24 bits per heavy atom. The fourth-order valence-corrected chi connectivity index (χ4v) is 3.35. The predicted molar refractivity (Wildman–Crippen MR) is 97.5 cm³/mol. The lowest BCUT2D eigenvalue weighted by atomic mass is 10.0. The molecule has 1 aromatic heterocycles. The number of fused-ring (bicyclic) bond motifs is 1. The van der Waals surface area contributed by atoms with E-state index in [4.69, 9.17) is 4.74 Å². The number of nitrogens with zero attached hydrogens (tertiary/aromatic N) is 2. The van der Waals surface area contributed by atoms with E-state index >= 15 is 0 Å². The second kappa shape index (κ2) is 7.07. The fraction of sp³-hybridized carbons (Fsp3) is 0.300. The highest BCUT2D eigenvalue weighted by atomic mass is 16.5. The number of hydrogen-bond donors (Lipinski definition) is 1. The Bertz CT molecular complexity index is 876. The summed E-state index contributed by atoms with van der Waals surface area (Å²) in [5.74, 6) is -0.0342. The monoisotopic (exact) mass is 335 g/mol. The van der Waals surface area contributed by atoms with Crippen molar-refractivity contribution in [3.8, 4) is 0 Å². The zero-order valence-corrected chi connectivity index (χ0v) is 14.0. The Labute approximate surface area is 146 Å². The second-order valence-corrected chi connectivity index (χ2v) is 6.45. The summed E-state index contributed by atoms with van der Waals surface area (Å²) in [6.45, 7) is 1.57. The van der Waals surface area contributed by atoms with Crippen LogP contribution < -0.4 is 5.32 Å². The smallest absolute Gasteiger partial charge is 0.228 e. The zero-order valence-electron chi connectivity index (χ0n) is 14.0. The summed E-state index contributed by atoms with van der Waals surface area (Å²) in [7, 11) is 0. The highest BCUT2D eigenvalue weighted by Crippen LogP contribution is 2.19. The Balaban J connectivity index is 1.41. The van der Waals surface area contributed by atoms with Crippen molar-refractivity contribution in [1.82, 2.24) is 9.78 Å². The minimum atomic E-state index is -0.0342. The summed E-state index contributed by atoms with van der Waals surface area (Å²) in [6, 6.07) is 14.2. The minimum absolute atomic E-state index is 0.0342. The van der Waals surface area contributed by atoms with E-state index in [1.54, 1.807) is 6.20 Å². The maximum absolute atomic E-state index is 12.4. The molecule has 128 valence electrons. The summed E-state index contributed by atoms with van der Waals surface area (Å²) in [6.07, 6.45) is 6.32. The van der Waals surface area contributed by atoms with Crippen LogP contribution in [0, 0.1) is 0 Å². The van der Waals surface area contributed by atoms with Crippen LogP contribution in [-0.4, -0.2) is 28.4 Å². The first kappa shape index (κ1) is 15.8. The van der Waals surface area contributed by atoms with Gasteiger partial charge in [-0.3, -0.25) is 9.48 Å². The van der Waals surface area contributed by atoms with E-state index < -0.39 is 0 Å². The SMILES string of the molecule is O=C(Cc1cccc2ccccc12)Nc1cnn(CC2CCCO2)c1. The molecule has 0 radical (unpaired) electrons. The lowest BCUT2D eigenvalue weighted by molar-refractivity contribution is -0.115. The molecule has 1 N–H and O–H groups in total. The van der Waals surface area contributed by atoms with Gasteiger partial charge in [0.05, 0.1) is 31.0 Å². The van der Waals surface area contributed by atoms with Gasteiger partial charge >= 0.3 is 0 Å². The average molecular weight is 335 g/mol. The number of benzene rings is 2. The Morgan fingerprint density at radius 2 is 2.12 bits per heavy atom. The molecule has 0 spiro atoms. The van der Waals surface area contributed by atoms with Crippen LogP contribution >= 0.6 is 0 Å². The zero-order chi connectivity index (χ0) is 17.1. The van der Waals surface area contributed by atoms with Crippen LogP contribution in [0.1, 0.15) is 18.4 Å². The first-order valence-electron chi connectivity index (χ1n) is 8.68. The third-order valence-corrected chi connectivity index (χ3v) is 4.56. The van der Waals surface area contributed by atoms with Gasteiger partial charge in [0.2, 0.25) is 5.91 Å². The van der Waals surface area contributed by atoms with Crippen molar-refractivity contribution in [3.63, 3.8) is 0 Å². The van der Waals surface area contributed by atoms with E-state index in [1.807, 2.05) is 35.1 Å². The van der Waals surface area contributed by atoms with Crippen molar-refractivity contribution in [2.45, 2.75) is 31.9 Å². The number of anilines is 1. The van der Waals surface area contributed by atoms with Crippen LogP contribution in [0.4, 0.5) is 5.69 Å². The van der Waals surface area contributed by atoms with E-state index in [0.29, 0.717) is 6.42 Å². The molecule has 1 atom stereocenters. The summed E-state index contributed by atoms with van der Waals surface area (Å²) in [4.78, 5) is 12.4. The largest absolute Gasteiger partial charge is 0.376 e. The van der Waals surface area contributed by atoms with Crippen molar-refractivity contribution in [2.24, 2.45) is 0 Å². The predicted octanol–water partition coefficient (Wildman–Crippen LogP) is 3.40. The van der Waals surface area contributed by atoms with Crippen LogP contribution in [0.5, 0.6) is 0 Å². The summed E-state index contributed by atoms with van der Waals surface area (Å²) >= 11 is 0. The molecule has 1 aliphatic heterocycles. The summed E-state index contributed by atoms with van der Waals surface area (Å²) < 4.78 is 7.46. The number of nitrogens with one attached hydrogen (secondary N) is 1. The lowest BCUT2D eigenvalue weighted by Crippen LogP contribution is -2.16. The molecular weight excluding hydrogens is 314 g/mol. The van der Waals surface area contributed by atoms with E-state index in [1.165, 1.54) is 0 Å². The normalized spacial score (nSPS) is 17.0. The molecule has 4 rings (SSSR count). The molecule has 1 fully saturated rings. The Morgan fingerprint density at radius 3 is 3.00 bits per heavy atom. The molecule has 1 amide bonds. The topological polar surface area (TPSA) is 56.2 Å². The number of ether oxygens (including phenoxy) is 1. The van der Waals surface area contributed by atoms with Gasteiger partial charge < -0.3 is 10.1 Å². The molecule has 0 bridgehead atoms. The lowest BCUT2D eigenvalue weighted by Gasteiger charge is -2.08. The van der Waals surface area contributed by atoms with Crippen LogP contribution in [0.2, 0.25) is 0 Å². The number of hydrogen-bond acceptors (Lipinski definition) is 3. The highest BCUT2D eigenvalue weighted by Gasteiger charge is 2.16. The molecule has 0 saturated carbocycles. The van der Waals surface area contributed by atoms with E-state index in [0.717, 1.165) is 48.0 Å². The van der Waals surface area contributed by atoms with Gasteiger partial charge in [0, 0.05) is 12.8 Å². The van der Waals surface area contributed by atoms with Gasteiger partial charge in [0.15, 0.2) is 0 Å². The van der Waals surface area contributed by atoms with E-state index in [-0.39, 0.29) is 12.0 Å². The fourth-order valence-electron chi connectivity index (χ4n) is 3.35. The quantitative estimate of drug-likeness (QED) is 0.777. The van der Waals surface area contributed by atoms with Gasteiger partial charge in [-0.25, -0.2) is 0 Å². The summed E-state index contributed by atoms with van der Waals surface area (Å²) in [5.41, 5.74) is 1.76. The molecule has 25 heavy (non-hydrogen) atoms. The van der Waals surface area contributed by atoms with E-state index in [2.05, 4.69) is 28.6 Å². The Hall–Kier alpha value is -2.66. The molecule has 3 aromatic rings. The van der Waals surface area contributed by atoms with Crippen molar-refractivity contribution in [3.05, 3.63) is 60.4 Å². The standard InChI is InChI=1S/C20H21N3O2/c24-20(11-16-7-3-6-15-5-1-2-9-19(15)16)22-17-12-21-23(13-17)14-18-8-4-10-25-18/h1-3,5-7,9,12-13,18H,4,8,10-11,14H2,(H,22,24). The number of carbonyl (C=O) groups excluding carboxylic acids is 1. The number of amides is 1. The average Bonchev–Trinajstić information content (AvgIpc) is 3.28. The molecule has 2 heterocycles. The highest BCUT2D eigenvalue weighted by molar-refractivity contribution is 5.96. The third kappa shape index (κ3) is 3.72. The van der Waals surface area contributed by atoms with Crippen molar-refractivity contribution < 1.29 is 9.53 Å². The first-order valence-corrected chi connectivity index (χ1v) is 8.68. The number of carbonyl (C=O) groups is 1. The van der Waals surface area contributed by atoms with Gasteiger partial charge in [-0.05, 0) is 29.2 Å². The van der Waals surface area contributed by atoms with Gasteiger partial charge in [-0.2, -0.15) is 5.10 Å². The maximum Gasteiger partial charge on any atom is 0.228 e. The molecular formula is C20H21N3O2. The second-order valence-electron chi connectivity index (χ2n) is 6.45. The van der Waals surface area contributed by atoms with Gasteiger partial charge in [0.25, 0.3) is 0 Å². The molecule has 1 aliphatic rings. The van der Waals surface area contributed by atoms with Gasteiger partial charge in [0.1, 0.15) is 0 Å². The maximum atomic E-state index is 12.4. The van der Waals surface area contributed by atoms with Gasteiger partial charge in [-0.15, -0.1) is 0 Å². The first-order chi connectivity index (χ1) is 12.3. The molecule has 0 aliphatic carbocycles. The van der Waals surface area contributed by atoms with Crippen molar-refractivity contribution in [2.75, 3.05) is 11.9 Å². The molecule has 1 unspecified atom stereocenters. The van der Waals surface area contributed by atoms with E-state index in [9.17, 15) is 4.79 Å². The molecule has 2 aromatic carbocycles. The molecule has 5 heteroatoms. The van der Waals surface area contributed by atoms with Crippen LogP contribution in [0.3, 0.4) is 0 Å². The van der Waals surface area contributed by atoms with Gasteiger partial charge in [-0.1, -0.05) is 42.5 Å². The van der Waals surface area contributed by atoms with Crippen molar-refractivity contribution >= 4 is 22.4 Å².